The second-order valence-corrected chi connectivity index (χ2v) is 3.17. The Hall–Kier alpha value is -0.550. The topological polar surface area (TPSA) is 17.1 Å². The molecule has 0 heterocycles. The monoisotopic (exact) mass is 154 g/mol. The molecule has 0 saturated carbocycles. The Morgan fingerprint density at radius 3 is 2.45 bits per heavy atom. The van der Waals surface area contributed by atoms with Gasteiger partial charge in [-0.2, -0.15) is 0 Å². The maximum atomic E-state index is 10.4. The van der Waals surface area contributed by atoms with E-state index in [0.29, 0.717) is 5.92 Å². The smallest absolute Gasteiger partial charge is 0.123 e. The Kier molecular flexibility index (Phi) is 5.87. The van der Waals surface area contributed by atoms with Crippen molar-refractivity contribution in [2.45, 2.75) is 46.5 Å². The van der Waals surface area contributed by atoms with Gasteiger partial charge >= 0.3 is 0 Å². The molecule has 0 saturated heterocycles. The fraction of sp³-hybridized carbons (Fsp3) is 0.800. The normalized spacial score (nSPS) is 12.3. The molecule has 64 valence electrons. The Morgan fingerprint density at radius 2 is 2.09 bits per heavy atom. The predicted octanol–water partition coefficient (Wildman–Crippen LogP) is 2.98. The third kappa shape index (κ3) is 4.80. The summed E-state index contributed by atoms with van der Waals surface area (Å²) in [5, 5.41) is 0. The fourth-order valence-corrected chi connectivity index (χ4v) is 1.06. The molecule has 0 rings (SSSR count). The van der Waals surface area contributed by atoms with E-state index in [9.17, 15) is 4.79 Å². The Bertz CT molecular complexity index is 143. The van der Waals surface area contributed by atoms with Crippen molar-refractivity contribution in [3.05, 3.63) is 5.57 Å². The van der Waals surface area contributed by atoms with Crippen LogP contribution in [0.2, 0.25) is 0 Å². The van der Waals surface area contributed by atoms with E-state index in [1.54, 1.807) is 0 Å². The fourth-order valence-electron chi connectivity index (χ4n) is 1.06. The van der Waals surface area contributed by atoms with Gasteiger partial charge < -0.3 is 0 Å². The first-order valence-electron chi connectivity index (χ1n) is 4.47. The van der Waals surface area contributed by atoms with Crippen molar-refractivity contribution in [3.8, 4) is 0 Å². The van der Waals surface area contributed by atoms with E-state index in [1.807, 2.05) is 5.94 Å². The molecular weight excluding hydrogens is 136 g/mol. The van der Waals surface area contributed by atoms with E-state index in [1.165, 1.54) is 0 Å². The highest BCUT2D eigenvalue weighted by molar-refractivity contribution is 5.52. The lowest BCUT2D eigenvalue weighted by atomic mass is 9.97. The molecule has 1 unspecified atom stereocenters. The molecule has 0 aliphatic rings. The molecule has 11 heavy (non-hydrogen) atoms. The second-order valence-electron chi connectivity index (χ2n) is 3.17. The molecule has 0 aliphatic carbocycles. The summed E-state index contributed by atoms with van der Waals surface area (Å²) in [5.41, 5.74) is 0.960. The van der Waals surface area contributed by atoms with Crippen LogP contribution in [0.15, 0.2) is 5.57 Å². The summed E-state index contributed by atoms with van der Waals surface area (Å²) in [5.74, 6) is 2.67. The minimum absolute atomic E-state index is 0.637. The summed E-state index contributed by atoms with van der Waals surface area (Å²) in [7, 11) is 0. The first-order valence-corrected chi connectivity index (χ1v) is 4.47. The van der Waals surface area contributed by atoms with Crippen LogP contribution in [-0.4, -0.2) is 5.94 Å². The highest BCUT2D eigenvalue weighted by atomic mass is 16.1. The summed E-state index contributed by atoms with van der Waals surface area (Å²) in [6, 6.07) is 0. The van der Waals surface area contributed by atoms with Gasteiger partial charge in [-0.1, -0.05) is 33.6 Å². The van der Waals surface area contributed by atoms with E-state index >= 15 is 0 Å². The summed E-state index contributed by atoms with van der Waals surface area (Å²) < 4.78 is 0. The lowest BCUT2D eigenvalue weighted by molar-refractivity contribution is 0.534. The molecule has 0 fully saturated rings. The van der Waals surface area contributed by atoms with Crippen molar-refractivity contribution in [1.29, 1.82) is 0 Å². The van der Waals surface area contributed by atoms with Crippen molar-refractivity contribution in [1.82, 2.24) is 0 Å². The lowest BCUT2D eigenvalue weighted by Gasteiger charge is -2.07. The van der Waals surface area contributed by atoms with Gasteiger partial charge in [-0.05, 0) is 18.8 Å². The Morgan fingerprint density at radius 1 is 1.45 bits per heavy atom. The third-order valence-corrected chi connectivity index (χ3v) is 1.99. The SMILES string of the molecule is CCCC(=C=O)CC(C)CC. The zero-order chi connectivity index (χ0) is 8.69. The molecule has 0 amide bonds. The van der Waals surface area contributed by atoms with Gasteiger partial charge in [-0.15, -0.1) is 0 Å². The zero-order valence-corrected chi connectivity index (χ0v) is 7.81. The summed E-state index contributed by atoms with van der Waals surface area (Å²) in [6.45, 7) is 6.42. The second kappa shape index (κ2) is 6.18. The Labute approximate surface area is 69.5 Å². The van der Waals surface area contributed by atoms with Crippen LogP contribution in [0, 0.1) is 5.92 Å². The number of allylic oxidation sites excluding steroid dienone is 1. The average molecular weight is 154 g/mol. The van der Waals surface area contributed by atoms with Gasteiger partial charge in [-0.25, -0.2) is 4.79 Å². The molecule has 0 N–H and O–H groups in total. The van der Waals surface area contributed by atoms with Gasteiger partial charge in [0.05, 0.1) is 0 Å². The molecule has 0 aromatic carbocycles. The van der Waals surface area contributed by atoms with Gasteiger partial charge in [0.25, 0.3) is 0 Å². The van der Waals surface area contributed by atoms with E-state index in [4.69, 9.17) is 0 Å². The molecule has 0 aliphatic heterocycles. The average Bonchev–Trinajstić information content (AvgIpc) is 2.03. The van der Waals surface area contributed by atoms with Crippen LogP contribution < -0.4 is 0 Å². The van der Waals surface area contributed by atoms with Crippen molar-refractivity contribution < 1.29 is 4.79 Å². The predicted molar refractivity (Wildman–Crippen MR) is 48.2 cm³/mol. The molecule has 1 heteroatoms. The van der Waals surface area contributed by atoms with Crippen molar-refractivity contribution in [3.63, 3.8) is 0 Å². The first-order chi connectivity index (χ1) is 5.24. The summed E-state index contributed by atoms with van der Waals surface area (Å²) >= 11 is 0. The highest BCUT2D eigenvalue weighted by Crippen LogP contribution is 2.15. The standard InChI is InChI=1S/C10H18O/c1-4-6-10(8-11)7-9(3)5-2/h9H,4-7H2,1-3H3. The van der Waals surface area contributed by atoms with Gasteiger partial charge in [0.15, 0.2) is 0 Å². The van der Waals surface area contributed by atoms with Crippen LogP contribution in [0.3, 0.4) is 0 Å². The van der Waals surface area contributed by atoms with Crippen LogP contribution >= 0.6 is 0 Å². The van der Waals surface area contributed by atoms with Crippen molar-refractivity contribution in [2.75, 3.05) is 0 Å². The van der Waals surface area contributed by atoms with Gasteiger partial charge in [0, 0.05) is 5.57 Å². The highest BCUT2D eigenvalue weighted by Gasteiger charge is 2.03. The van der Waals surface area contributed by atoms with Gasteiger partial charge in [0.1, 0.15) is 5.94 Å². The molecule has 0 aromatic heterocycles. The molecule has 1 nitrogen and oxygen atoms in total. The van der Waals surface area contributed by atoms with Crippen molar-refractivity contribution in [2.24, 2.45) is 5.92 Å². The van der Waals surface area contributed by atoms with E-state index in [-0.39, 0.29) is 0 Å². The molecular formula is C10H18O. The van der Waals surface area contributed by atoms with E-state index in [0.717, 1.165) is 31.3 Å². The Balaban J connectivity index is 3.79. The van der Waals surface area contributed by atoms with Crippen LogP contribution in [0.5, 0.6) is 0 Å². The van der Waals surface area contributed by atoms with Gasteiger partial charge in [-0.3, -0.25) is 0 Å². The van der Waals surface area contributed by atoms with Crippen LogP contribution in [0.4, 0.5) is 0 Å². The summed E-state index contributed by atoms with van der Waals surface area (Å²) in [4.78, 5) is 10.4. The van der Waals surface area contributed by atoms with Crippen LogP contribution in [-0.2, 0) is 4.79 Å². The minimum Gasteiger partial charge on any atom is -0.234 e. The number of rotatable bonds is 5. The molecule has 0 radical (unpaired) electrons. The van der Waals surface area contributed by atoms with Crippen molar-refractivity contribution >= 4 is 5.94 Å². The quantitative estimate of drug-likeness (QED) is 0.556. The summed E-state index contributed by atoms with van der Waals surface area (Å²) in [6.07, 6.45) is 4.07. The maximum absolute atomic E-state index is 10.4. The van der Waals surface area contributed by atoms with Crippen LogP contribution in [0.25, 0.3) is 0 Å². The maximum Gasteiger partial charge on any atom is 0.123 e. The van der Waals surface area contributed by atoms with E-state index < -0.39 is 0 Å². The lowest BCUT2D eigenvalue weighted by Crippen LogP contribution is -1.95. The first kappa shape index (κ1) is 10.4. The zero-order valence-electron chi connectivity index (χ0n) is 7.81. The van der Waals surface area contributed by atoms with E-state index in [2.05, 4.69) is 20.8 Å². The third-order valence-electron chi connectivity index (χ3n) is 1.99. The van der Waals surface area contributed by atoms with Gasteiger partial charge in [0.2, 0.25) is 0 Å². The molecule has 1 atom stereocenters. The molecule has 0 spiro atoms. The number of hydrogen-bond donors (Lipinski definition) is 0. The number of hydrogen-bond acceptors (Lipinski definition) is 1. The minimum atomic E-state index is 0.637. The molecule has 0 aromatic rings. The largest absolute Gasteiger partial charge is 0.234 e. The van der Waals surface area contributed by atoms with Crippen LogP contribution in [0.1, 0.15) is 46.5 Å². The number of carbonyl (C=O) groups excluding carboxylic acids is 1. The molecule has 0 bridgehead atoms.